The van der Waals surface area contributed by atoms with Crippen LogP contribution in [0.2, 0.25) is 0 Å². The number of aryl methyl sites for hydroxylation is 2. The topological polar surface area (TPSA) is 64.0 Å². The van der Waals surface area contributed by atoms with Crippen LogP contribution in [0.4, 0.5) is 5.69 Å². The van der Waals surface area contributed by atoms with Gasteiger partial charge in [-0.05, 0) is 70.7 Å². The number of hydrogen-bond acceptors (Lipinski definition) is 3. The van der Waals surface area contributed by atoms with E-state index in [1.807, 2.05) is 44.3 Å². The number of nitrogens with zero attached hydrogens (tertiary/aromatic N) is 2. The molecule has 0 radical (unpaired) electrons. The van der Waals surface area contributed by atoms with Crippen LogP contribution in [-0.2, 0) is 16.6 Å². The average molecular weight is 420 g/mol. The van der Waals surface area contributed by atoms with E-state index >= 15 is 0 Å². The molecule has 2 aromatic carbocycles. The molecule has 130 valence electrons. The van der Waals surface area contributed by atoms with Crippen molar-refractivity contribution in [2.45, 2.75) is 25.3 Å². The van der Waals surface area contributed by atoms with E-state index in [1.165, 1.54) is 0 Å². The predicted molar refractivity (Wildman–Crippen MR) is 102 cm³/mol. The monoisotopic (exact) mass is 419 g/mol. The molecule has 0 aliphatic rings. The maximum atomic E-state index is 12.6. The smallest absolute Gasteiger partial charge is 0.261 e. The third-order valence-corrected chi connectivity index (χ3v) is 5.70. The summed E-state index contributed by atoms with van der Waals surface area (Å²) in [5.41, 5.74) is 3.49. The molecule has 0 amide bonds. The number of rotatable bonds is 5. The van der Waals surface area contributed by atoms with Crippen molar-refractivity contribution in [3.63, 3.8) is 0 Å². The van der Waals surface area contributed by atoms with Crippen LogP contribution in [0.1, 0.15) is 16.7 Å². The molecule has 0 bridgehead atoms. The standard InChI is InChI=1S/C18H18BrN3O2S/c1-13-6-7-18(8-14(13)2)25(23,24)21-17-5-3-4-15(9-17)11-22-12-16(19)10-20-22/h3-10,12,21H,11H2,1-2H3. The molecule has 1 heterocycles. The fourth-order valence-corrected chi connectivity index (χ4v) is 3.90. The first kappa shape index (κ1) is 17.7. The Kier molecular flexibility index (Phi) is 4.96. The molecule has 0 spiro atoms. The zero-order valence-electron chi connectivity index (χ0n) is 13.9. The summed E-state index contributed by atoms with van der Waals surface area (Å²) in [4.78, 5) is 0.261. The molecule has 0 atom stereocenters. The summed E-state index contributed by atoms with van der Waals surface area (Å²) in [6, 6.07) is 12.4. The fraction of sp³-hybridized carbons (Fsp3) is 0.167. The minimum absolute atomic E-state index is 0.261. The molecule has 0 aliphatic carbocycles. The molecular weight excluding hydrogens is 402 g/mol. The van der Waals surface area contributed by atoms with Crippen LogP contribution in [0.5, 0.6) is 0 Å². The molecule has 3 aromatic rings. The van der Waals surface area contributed by atoms with Crippen LogP contribution in [0, 0.1) is 13.8 Å². The van der Waals surface area contributed by atoms with Gasteiger partial charge in [0, 0.05) is 11.9 Å². The van der Waals surface area contributed by atoms with Crippen LogP contribution in [0.25, 0.3) is 0 Å². The van der Waals surface area contributed by atoms with Gasteiger partial charge in [-0.3, -0.25) is 9.40 Å². The van der Waals surface area contributed by atoms with Gasteiger partial charge in [-0.2, -0.15) is 5.10 Å². The maximum Gasteiger partial charge on any atom is 0.261 e. The summed E-state index contributed by atoms with van der Waals surface area (Å²) < 4.78 is 30.5. The molecule has 3 rings (SSSR count). The molecule has 0 fully saturated rings. The molecule has 0 unspecified atom stereocenters. The van der Waals surface area contributed by atoms with E-state index < -0.39 is 10.0 Å². The predicted octanol–water partition coefficient (Wildman–Crippen LogP) is 4.11. The highest BCUT2D eigenvalue weighted by molar-refractivity contribution is 9.10. The zero-order chi connectivity index (χ0) is 18.0. The average Bonchev–Trinajstić information content (AvgIpc) is 2.95. The van der Waals surface area contributed by atoms with Crippen molar-refractivity contribution >= 4 is 31.6 Å². The van der Waals surface area contributed by atoms with Crippen molar-refractivity contribution in [1.29, 1.82) is 0 Å². The zero-order valence-corrected chi connectivity index (χ0v) is 16.3. The fourth-order valence-electron chi connectivity index (χ4n) is 2.44. The number of sulfonamides is 1. The van der Waals surface area contributed by atoms with E-state index in [2.05, 4.69) is 25.8 Å². The van der Waals surface area contributed by atoms with Crippen molar-refractivity contribution in [2.24, 2.45) is 0 Å². The molecular formula is C18H18BrN3O2S. The highest BCUT2D eigenvalue weighted by Gasteiger charge is 2.15. The number of benzene rings is 2. The summed E-state index contributed by atoms with van der Waals surface area (Å²) in [5, 5.41) is 4.21. The van der Waals surface area contributed by atoms with Gasteiger partial charge in [0.05, 0.1) is 22.1 Å². The summed E-state index contributed by atoms with van der Waals surface area (Å²) in [7, 11) is -3.62. The second-order valence-corrected chi connectivity index (χ2v) is 8.51. The second kappa shape index (κ2) is 7.01. The van der Waals surface area contributed by atoms with Gasteiger partial charge in [-0.1, -0.05) is 18.2 Å². The quantitative estimate of drug-likeness (QED) is 0.676. The molecule has 7 heteroatoms. The lowest BCUT2D eigenvalue weighted by Crippen LogP contribution is -2.13. The molecule has 5 nitrogen and oxygen atoms in total. The number of anilines is 1. The second-order valence-electron chi connectivity index (χ2n) is 5.91. The van der Waals surface area contributed by atoms with Gasteiger partial charge < -0.3 is 0 Å². The van der Waals surface area contributed by atoms with E-state index in [9.17, 15) is 8.42 Å². The van der Waals surface area contributed by atoms with Crippen LogP contribution < -0.4 is 4.72 Å². The molecule has 1 aromatic heterocycles. The minimum Gasteiger partial charge on any atom is -0.280 e. The lowest BCUT2D eigenvalue weighted by Gasteiger charge is -2.11. The lowest BCUT2D eigenvalue weighted by atomic mass is 10.1. The van der Waals surface area contributed by atoms with E-state index in [4.69, 9.17) is 0 Å². The van der Waals surface area contributed by atoms with Crippen molar-refractivity contribution in [3.8, 4) is 0 Å². The van der Waals surface area contributed by atoms with E-state index in [0.717, 1.165) is 21.2 Å². The van der Waals surface area contributed by atoms with Gasteiger partial charge in [0.1, 0.15) is 0 Å². The molecule has 25 heavy (non-hydrogen) atoms. The molecule has 0 saturated carbocycles. The van der Waals surface area contributed by atoms with Gasteiger partial charge in [-0.25, -0.2) is 8.42 Å². The van der Waals surface area contributed by atoms with E-state index in [1.54, 1.807) is 29.1 Å². The van der Waals surface area contributed by atoms with E-state index in [0.29, 0.717) is 12.2 Å². The van der Waals surface area contributed by atoms with Crippen molar-refractivity contribution < 1.29 is 8.42 Å². The third-order valence-electron chi connectivity index (χ3n) is 3.91. The first-order chi connectivity index (χ1) is 11.8. The Bertz CT molecular complexity index is 1010. The normalized spacial score (nSPS) is 11.5. The maximum absolute atomic E-state index is 12.6. The van der Waals surface area contributed by atoms with Gasteiger partial charge >= 0.3 is 0 Å². The van der Waals surface area contributed by atoms with Crippen LogP contribution in [-0.4, -0.2) is 18.2 Å². The van der Waals surface area contributed by atoms with Crippen molar-refractivity contribution in [3.05, 3.63) is 76.0 Å². The van der Waals surface area contributed by atoms with Gasteiger partial charge in [-0.15, -0.1) is 0 Å². The highest BCUT2D eigenvalue weighted by Crippen LogP contribution is 2.20. The Balaban J connectivity index is 1.82. The third kappa shape index (κ3) is 4.29. The number of aromatic nitrogens is 2. The number of halogens is 1. The molecule has 0 saturated heterocycles. The van der Waals surface area contributed by atoms with Crippen molar-refractivity contribution in [2.75, 3.05) is 4.72 Å². The Labute approximate surface area is 155 Å². The largest absolute Gasteiger partial charge is 0.280 e. The summed E-state index contributed by atoms with van der Waals surface area (Å²) >= 11 is 3.36. The highest BCUT2D eigenvalue weighted by atomic mass is 79.9. The SMILES string of the molecule is Cc1ccc(S(=O)(=O)Nc2cccc(Cn3cc(Br)cn3)c2)cc1C. The van der Waals surface area contributed by atoms with Crippen molar-refractivity contribution in [1.82, 2.24) is 9.78 Å². The van der Waals surface area contributed by atoms with Crippen LogP contribution in [0.15, 0.2) is 64.2 Å². The Hall–Kier alpha value is -2.12. The Morgan fingerprint density at radius 3 is 2.60 bits per heavy atom. The minimum atomic E-state index is -3.62. The Morgan fingerprint density at radius 2 is 1.92 bits per heavy atom. The first-order valence-electron chi connectivity index (χ1n) is 7.70. The van der Waals surface area contributed by atoms with Crippen LogP contribution >= 0.6 is 15.9 Å². The van der Waals surface area contributed by atoms with Crippen LogP contribution in [0.3, 0.4) is 0 Å². The summed E-state index contributed by atoms with van der Waals surface area (Å²) in [6.07, 6.45) is 3.58. The summed E-state index contributed by atoms with van der Waals surface area (Å²) in [5.74, 6) is 0. The molecule has 0 aliphatic heterocycles. The van der Waals surface area contributed by atoms with E-state index in [-0.39, 0.29) is 4.90 Å². The number of nitrogens with one attached hydrogen (secondary N) is 1. The van der Waals surface area contributed by atoms with Gasteiger partial charge in [0.25, 0.3) is 10.0 Å². The number of hydrogen-bond donors (Lipinski definition) is 1. The first-order valence-corrected chi connectivity index (χ1v) is 9.98. The lowest BCUT2D eigenvalue weighted by molar-refractivity contribution is 0.601. The molecule has 1 N–H and O–H groups in total. The van der Waals surface area contributed by atoms with Gasteiger partial charge in [0.15, 0.2) is 0 Å². The van der Waals surface area contributed by atoms with Gasteiger partial charge in [0.2, 0.25) is 0 Å². The Morgan fingerprint density at radius 1 is 1.12 bits per heavy atom. The summed E-state index contributed by atoms with van der Waals surface area (Å²) in [6.45, 7) is 4.41.